The second kappa shape index (κ2) is 7.11. The number of hydrogen-bond acceptors (Lipinski definition) is 2. The van der Waals surface area contributed by atoms with Crippen LogP contribution in [-0.4, -0.2) is 37.1 Å². The van der Waals surface area contributed by atoms with Gasteiger partial charge in [-0.15, -0.1) is 0 Å². The lowest BCUT2D eigenvalue weighted by Gasteiger charge is -2.19. The molecule has 1 aliphatic rings. The quantitative estimate of drug-likeness (QED) is 0.794. The molecule has 0 aromatic heterocycles. The molecule has 1 fully saturated rings. The summed E-state index contributed by atoms with van der Waals surface area (Å²) in [4.78, 5) is 13.7. The first-order chi connectivity index (χ1) is 9.58. The summed E-state index contributed by atoms with van der Waals surface area (Å²) in [6, 6.07) is 5.26. The maximum absolute atomic E-state index is 12.0. The van der Waals surface area contributed by atoms with Crippen molar-refractivity contribution in [2.75, 3.05) is 20.2 Å². The van der Waals surface area contributed by atoms with Gasteiger partial charge >= 0.3 is 0 Å². The first-order valence-corrected chi connectivity index (χ1v) is 7.32. The van der Waals surface area contributed by atoms with Crippen molar-refractivity contribution >= 4 is 35.2 Å². The van der Waals surface area contributed by atoms with Crippen LogP contribution in [0.25, 0.3) is 6.08 Å². The van der Waals surface area contributed by atoms with Crippen LogP contribution < -0.4 is 0 Å². The Balaban J connectivity index is 1.97. The van der Waals surface area contributed by atoms with Gasteiger partial charge in [0.1, 0.15) is 0 Å². The molecule has 1 aromatic carbocycles. The van der Waals surface area contributed by atoms with Gasteiger partial charge in [0.2, 0.25) is 5.91 Å². The van der Waals surface area contributed by atoms with E-state index < -0.39 is 0 Å². The summed E-state index contributed by atoms with van der Waals surface area (Å²) in [5.74, 6) is -0.0866. The Labute approximate surface area is 129 Å². The third-order valence-corrected chi connectivity index (χ3v) is 3.93. The highest BCUT2D eigenvalue weighted by Gasteiger charge is 2.18. The molecule has 0 aliphatic carbocycles. The molecule has 0 spiro atoms. The van der Waals surface area contributed by atoms with Gasteiger partial charge in [0.15, 0.2) is 0 Å². The van der Waals surface area contributed by atoms with Crippen LogP contribution in [0.2, 0.25) is 10.0 Å². The molecule has 5 heteroatoms. The number of rotatable bonds is 4. The predicted molar refractivity (Wildman–Crippen MR) is 82.1 cm³/mol. The van der Waals surface area contributed by atoms with Gasteiger partial charge in [-0.1, -0.05) is 29.3 Å². The van der Waals surface area contributed by atoms with Crippen molar-refractivity contribution in [2.24, 2.45) is 0 Å². The highest BCUT2D eigenvalue weighted by molar-refractivity contribution is 6.37. The van der Waals surface area contributed by atoms with Gasteiger partial charge in [0, 0.05) is 41.9 Å². The Morgan fingerprint density at radius 2 is 2.15 bits per heavy atom. The molecule has 108 valence electrons. The number of benzene rings is 1. The summed E-state index contributed by atoms with van der Waals surface area (Å²) in [5, 5.41) is 1.06. The first-order valence-electron chi connectivity index (χ1n) is 6.56. The number of halogens is 2. The van der Waals surface area contributed by atoms with Crippen molar-refractivity contribution < 1.29 is 9.53 Å². The number of nitrogens with zero attached hydrogens (tertiary/aromatic N) is 1. The van der Waals surface area contributed by atoms with E-state index in [0.717, 1.165) is 19.4 Å². The highest BCUT2D eigenvalue weighted by atomic mass is 35.5. The van der Waals surface area contributed by atoms with E-state index in [-0.39, 0.29) is 12.0 Å². The lowest BCUT2D eigenvalue weighted by Crippen LogP contribution is -2.32. The normalized spacial score (nSPS) is 18.6. The van der Waals surface area contributed by atoms with E-state index in [1.165, 1.54) is 6.08 Å². The monoisotopic (exact) mass is 313 g/mol. The van der Waals surface area contributed by atoms with Gasteiger partial charge in [-0.05, 0) is 31.1 Å². The maximum Gasteiger partial charge on any atom is 0.246 e. The summed E-state index contributed by atoms with van der Waals surface area (Å²) in [6.07, 6.45) is 5.37. The predicted octanol–water partition coefficient (Wildman–Crippen LogP) is 3.64. The second-order valence-electron chi connectivity index (χ2n) is 4.82. The number of hydrogen-bond donors (Lipinski definition) is 0. The standard InChI is InChI=1S/C15H17Cl2NO2/c1-18(10-11-4-3-9-20-11)15(19)8-7-12-13(16)5-2-6-14(12)17/h2,5-8,11H,3-4,9-10H2,1H3/b8-7+. The van der Waals surface area contributed by atoms with Crippen LogP contribution in [0.1, 0.15) is 18.4 Å². The summed E-state index contributed by atoms with van der Waals surface area (Å²) in [5.41, 5.74) is 0.662. The van der Waals surface area contributed by atoms with Gasteiger partial charge in [0.25, 0.3) is 0 Å². The lowest BCUT2D eigenvalue weighted by molar-refractivity contribution is -0.126. The molecule has 0 bridgehead atoms. The Morgan fingerprint density at radius 3 is 2.75 bits per heavy atom. The average molecular weight is 314 g/mol. The van der Waals surface area contributed by atoms with Gasteiger partial charge in [-0.3, -0.25) is 4.79 Å². The number of ether oxygens (including phenoxy) is 1. The molecule has 0 radical (unpaired) electrons. The molecular formula is C15H17Cl2NO2. The van der Waals surface area contributed by atoms with E-state index in [4.69, 9.17) is 27.9 Å². The minimum atomic E-state index is -0.0866. The zero-order chi connectivity index (χ0) is 14.5. The molecule has 0 saturated carbocycles. The van der Waals surface area contributed by atoms with E-state index in [9.17, 15) is 4.79 Å². The molecule has 1 saturated heterocycles. The second-order valence-corrected chi connectivity index (χ2v) is 5.64. The number of likely N-dealkylation sites (N-methyl/N-ethyl adjacent to an activating group) is 1. The highest BCUT2D eigenvalue weighted by Crippen LogP contribution is 2.25. The van der Waals surface area contributed by atoms with Gasteiger partial charge in [0.05, 0.1) is 6.10 Å². The summed E-state index contributed by atoms with van der Waals surface area (Å²) < 4.78 is 5.51. The molecular weight excluding hydrogens is 297 g/mol. The fraction of sp³-hybridized carbons (Fsp3) is 0.400. The molecule has 1 heterocycles. The molecule has 1 unspecified atom stereocenters. The van der Waals surface area contributed by atoms with Crippen LogP contribution >= 0.6 is 23.2 Å². The Morgan fingerprint density at radius 1 is 1.45 bits per heavy atom. The average Bonchev–Trinajstić information content (AvgIpc) is 2.90. The van der Waals surface area contributed by atoms with Crippen molar-refractivity contribution in [1.82, 2.24) is 4.90 Å². The van der Waals surface area contributed by atoms with E-state index in [1.54, 1.807) is 36.2 Å². The molecule has 1 amide bonds. The van der Waals surface area contributed by atoms with Crippen LogP contribution in [0.15, 0.2) is 24.3 Å². The fourth-order valence-corrected chi connectivity index (χ4v) is 2.66. The van der Waals surface area contributed by atoms with Crippen LogP contribution in [0.3, 0.4) is 0 Å². The van der Waals surface area contributed by atoms with E-state index in [1.807, 2.05) is 0 Å². The van der Waals surface area contributed by atoms with E-state index in [0.29, 0.717) is 22.2 Å². The molecule has 1 aliphatic heterocycles. The largest absolute Gasteiger partial charge is 0.376 e. The van der Waals surface area contributed by atoms with Crippen molar-refractivity contribution in [2.45, 2.75) is 18.9 Å². The summed E-state index contributed by atoms with van der Waals surface area (Å²) in [6.45, 7) is 1.40. The van der Waals surface area contributed by atoms with E-state index in [2.05, 4.69) is 0 Å². The van der Waals surface area contributed by atoms with Crippen molar-refractivity contribution in [3.63, 3.8) is 0 Å². The van der Waals surface area contributed by atoms with Crippen LogP contribution in [-0.2, 0) is 9.53 Å². The smallest absolute Gasteiger partial charge is 0.246 e. The molecule has 20 heavy (non-hydrogen) atoms. The number of carbonyl (C=O) groups excluding carboxylic acids is 1. The van der Waals surface area contributed by atoms with Gasteiger partial charge < -0.3 is 9.64 Å². The zero-order valence-electron chi connectivity index (χ0n) is 11.3. The Bertz CT molecular complexity index is 490. The molecule has 3 nitrogen and oxygen atoms in total. The van der Waals surface area contributed by atoms with Crippen LogP contribution in [0.4, 0.5) is 0 Å². The number of amides is 1. The first kappa shape index (κ1) is 15.4. The molecule has 1 aromatic rings. The number of carbonyl (C=O) groups is 1. The van der Waals surface area contributed by atoms with Crippen molar-refractivity contribution in [3.05, 3.63) is 39.9 Å². The van der Waals surface area contributed by atoms with Crippen LogP contribution in [0.5, 0.6) is 0 Å². The van der Waals surface area contributed by atoms with Gasteiger partial charge in [-0.25, -0.2) is 0 Å². The summed E-state index contributed by atoms with van der Waals surface area (Å²) in [7, 11) is 1.77. The Kier molecular flexibility index (Phi) is 5.46. The molecule has 2 rings (SSSR count). The van der Waals surface area contributed by atoms with Crippen molar-refractivity contribution in [3.8, 4) is 0 Å². The lowest BCUT2D eigenvalue weighted by atomic mass is 10.2. The third-order valence-electron chi connectivity index (χ3n) is 3.27. The zero-order valence-corrected chi connectivity index (χ0v) is 12.8. The van der Waals surface area contributed by atoms with Gasteiger partial charge in [-0.2, -0.15) is 0 Å². The summed E-state index contributed by atoms with van der Waals surface area (Å²) >= 11 is 12.1. The molecule has 0 N–H and O–H groups in total. The SMILES string of the molecule is CN(CC1CCCO1)C(=O)/C=C/c1c(Cl)cccc1Cl. The minimum Gasteiger partial charge on any atom is -0.376 e. The fourth-order valence-electron chi connectivity index (χ4n) is 2.14. The van der Waals surface area contributed by atoms with E-state index >= 15 is 0 Å². The molecule has 1 atom stereocenters. The Hall–Kier alpha value is -1.03. The third kappa shape index (κ3) is 3.98. The maximum atomic E-state index is 12.0. The van der Waals surface area contributed by atoms with Crippen LogP contribution in [0, 0.1) is 0 Å². The minimum absolute atomic E-state index is 0.0866. The van der Waals surface area contributed by atoms with Crippen molar-refractivity contribution in [1.29, 1.82) is 0 Å². The topological polar surface area (TPSA) is 29.5 Å².